The molecule has 0 saturated heterocycles. The standard InChI is InChI=1S/C11H12N6O2S2/c1-16(8-3-2-4-13-7-8)21(18,19)10-9(15-12)14-11-17(10)5-6-20-11/h2-7,15H,12H2,1H3. The van der Waals surface area contributed by atoms with E-state index in [4.69, 9.17) is 5.84 Å². The van der Waals surface area contributed by atoms with E-state index in [0.29, 0.717) is 10.6 Å². The van der Waals surface area contributed by atoms with E-state index in [1.54, 1.807) is 29.9 Å². The van der Waals surface area contributed by atoms with Crippen LogP contribution < -0.4 is 15.6 Å². The van der Waals surface area contributed by atoms with Gasteiger partial charge in [0.05, 0.1) is 11.9 Å². The fourth-order valence-electron chi connectivity index (χ4n) is 1.91. The van der Waals surface area contributed by atoms with E-state index < -0.39 is 10.0 Å². The van der Waals surface area contributed by atoms with Crippen LogP contribution in [0.15, 0.2) is 41.1 Å². The van der Waals surface area contributed by atoms with Crippen LogP contribution in [0.1, 0.15) is 0 Å². The number of aromatic nitrogens is 3. The summed E-state index contributed by atoms with van der Waals surface area (Å²) < 4.78 is 28.3. The average Bonchev–Trinajstić information content (AvgIpc) is 3.06. The summed E-state index contributed by atoms with van der Waals surface area (Å²) in [5.41, 5.74) is 2.79. The fourth-order valence-corrected chi connectivity index (χ4v) is 4.08. The number of hydrogen-bond donors (Lipinski definition) is 2. The van der Waals surface area contributed by atoms with Gasteiger partial charge in [0.25, 0.3) is 10.0 Å². The number of hydrogen-bond acceptors (Lipinski definition) is 7. The zero-order valence-electron chi connectivity index (χ0n) is 11.0. The first kappa shape index (κ1) is 13.8. The molecule has 3 rings (SSSR count). The highest BCUT2D eigenvalue weighted by molar-refractivity contribution is 7.92. The molecule has 3 aromatic rings. The van der Waals surface area contributed by atoms with E-state index in [-0.39, 0.29) is 10.8 Å². The Morgan fingerprint density at radius 2 is 2.29 bits per heavy atom. The molecule has 3 N–H and O–H groups in total. The van der Waals surface area contributed by atoms with Crippen LogP contribution >= 0.6 is 11.3 Å². The molecule has 3 heterocycles. The molecule has 110 valence electrons. The second kappa shape index (κ2) is 4.98. The molecule has 0 aliphatic carbocycles. The van der Waals surface area contributed by atoms with Gasteiger partial charge in [0.15, 0.2) is 10.8 Å². The number of rotatable bonds is 4. The Bertz CT molecular complexity index is 871. The zero-order chi connectivity index (χ0) is 15.0. The molecule has 0 bridgehead atoms. The van der Waals surface area contributed by atoms with Gasteiger partial charge in [-0.1, -0.05) is 0 Å². The summed E-state index contributed by atoms with van der Waals surface area (Å²) in [6, 6.07) is 3.33. The highest BCUT2D eigenvalue weighted by Gasteiger charge is 2.30. The van der Waals surface area contributed by atoms with Gasteiger partial charge in [0, 0.05) is 24.8 Å². The Hall–Kier alpha value is -2.17. The van der Waals surface area contributed by atoms with E-state index in [2.05, 4.69) is 15.4 Å². The molecule has 0 spiro atoms. The van der Waals surface area contributed by atoms with Gasteiger partial charge in [0.1, 0.15) is 0 Å². The third kappa shape index (κ3) is 2.13. The number of pyridine rings is 1. The van der Waals surface area contributed by atoms with Gasteiger partial charge in [-0.05, 0) is 12.1 Å². The van der Waals surface area contributed by atoms with Gasteiger partial charge in [-0.3, -0.25) is 13.7 Å². The summed E-state index contributed by atoms with van der Waals surface area (Å²) in [4.78, 5) is 8.63. The summed E-state index contributed by atoms with van der Waals surface area (Å²) in [6.45, 7) is 0. The van der Waals surface area contributed by atoms with Crippen molar-refractivity contribution in [2.75, 3.05) is 16.8 Å². The number of sulfonamides is 1. The van der Waals surface area contributed by atoms with Gasteiger partial charge < -0.3 is 5.43 Å². The largest absolute Gasteiger partial charge is 0.306 e. The first-order valence-electron chi connectivity index (χ1n) is 5.87. The van der Waals surface area contributed by atoms with Gasteiger partial charge in [-0.25, -0.2) is 5.84 Å². The minimum Gasteiger partial charge on any atom is -0.306 e. The smallest absolute Gasteiger partial charge is 0.284 e. The molecule has 0 saturated carbocycles. The average molecular weight is 324 g/mol. The number of nitrogens with zero attached hydrogens (tertiary/aromatic N) is 4. The molecule has 0 unspecified atom stereocenters. The van der Waals surface area contributed by atoms with Crippen molar-refractivity contribution >= 4 is 37.8 Å². The Balaban J connectivity index is 2.18. The van der Waals surface area contributed by atoms with E-state index in [9.17, 15) is 8.42 Å². The maximum Gasteiger partial charge on any atom is 0.284 e. The number of nitrogen functional groups attached to an aromatic ring is 1. The predicted molar refractivity (Wildman–Crippen MR) is 80.7 cm³/mol. The van der Waals surface area contributed by atoms with Crippen molar-refractivity contribution in [1.29, 1.82) is 0 Å². The van der Waals surface area contributed by atoms with Gasteiger partial charge in [0.2, 0.25) is 5.03 Å². The predicted octanol–water partition coefficient (Wildman–Crippen LogP) is 0.901. The summed E-state index contributed by atoms with van der Waals surface area (Å²) in [5, 5.41) is 1.75. The van der Waals surface area contributed by atoms with Crippen molar-refractivity contribution in [1.82, 2.24) is 14.4 Å². The zero-order valence-corrected chi connectivity index (χ0v) is 12.6. The number of hydrazine groups is 1. The van der Waals surface area contributed by atoms with Crippen LogP contribution in [0.25, 0.3) is 4.96 Å². The molecular formula is C11H12N6O2S2. The van der Waals surface area contributed by atoms with E-state index in [0.717, 1.165) is 4.31 Å². The van der Waals surface area contributed by atoms with Gasteiger partial charge in [-0.15, -0.1) is 11.3 Å². The molecule has 0 aliphatic heterocycles. The summed E-state index contributed by atoms with van der Waals surface area (Å²) in [6.07, 6.45) is 4.68. The summed E-state index contributed by atoms with van der Waals surface area (Å²) in [5.74, 6) is 5.50. The molecule has 0 aromatic carbocycles. The fraction of sp³-hybridized carbons (Fsp3) is 0.0909. The Kier molecular flexibility index (Phi) is 3.27. The third-order valence-electron chi connectivity index (χ3n) is 2.97. The van der Waals surface area contributed by atoms with Gasteiger partial charge >= 0.3 is 0 Å². The molecule has 0 aliphatic rings. The molecule has 0 fully saturated rings. The Morgan fingerprint density at radius 1 is 1.48 bits per heavy atom. The first-order chi connectivity index (χ1) is 10.1. The quantitative estimate of drug-likeness (QED) is 0.546. The number of anilines is 2. The monoisotopic (exact) mass is 324 g/mol. The Morgan fingerprint density at radius 3 is 2.95 bits per heavy atom. The van der Waals surface area contributed by atoms with Crippen LogP contribution in [0.5, 0.6) is 0 Å². The molecule has 8 nitrogen and oxygen atoms in total. The summed E-state index contributed by atoms with van der Waals surface area (Å²) >= 11 is 1.32. The van der Waals surface area contributed by atoms with Crippen molar-refractivity contribution in [2.45, 2.75) is 5.03 Å². The first-order valence-corrected chi connectivity index (χ1v) is 8.19. The summed E-state index contributed by atoms with van der Waals surface area (Å²) in [7, 11) is -2.37. The Labute approximate surface area is 124 Å². The third-order valence-corrected chi connectivity index (χ3v) is 5.54. The van der Waals surface area contributed by atoms with E-state index in [1.807, 2.05) is 0 Å². The van der Waals surface area contributed by atoms with Crippen LogP contribution in [-0.4, -0.2) is 29.8 Å². The molecule has 3 aromatic heterocycles. The lowest BCUT2D eigenvalue weighted by molar-refractivity contribution is 0.590. The number of fused-ring (bicyclic) bond motifs is 1. The highest BCUT2D eigenvalue weighted by Crippen LogP contribution is 2.29. The number of nitrogens with two attached hydrogens (primary N) is 1. The number of nitrogens with one attached hydrogen (secondary N) is 1. The van der Waals surface area contributed by atoms with Crippen molar-refractivity contribution in [2.24, 2.45) is 5.84 Å². The lowest BCUT2D eigenvalue weighted by Gasteiger charge is -2.18. The second-order valence-electron chi connectivity index (χ2n) is 4.15. The maximum atomic E-state index is 12.8. The lowest BCUT2D eigenvalue weighted by Crippen LogP contribution is -2.28. The number of imidazole rings is 1. The minimum absolute atomic E-state index is 0.00685. The molecule has 21 heavy (non-hydrogen) atoms. The van der Waals surface area contributed by atoms with Crippen LogP contribution in [0, 0.1) is 0 Å². The lowest BCUT2D eigenvalue weighted by atomic mass is 10.4. The van der Waals surface area contributed by atoms with Crippen molar-refractivity contribution < 1.29 is 8.42 Å². The molecule has 0 radical (unpaired) electrons. The molecule has 0 atom stereocenters. The van der Waals surface area contributed by atoms with Gasteiger partial charge in [-0.2, -0.15) is 13.4 Å². The van der Waals surface area contributed by atoms with Crippen LogP contribution in [0.3, 0.4) is 0 Å². The van der Waals surface area contributed by atoms with Crippen molar-refractivity contribution in [3.8, 4) is 0 Å². The molecule has 0 amide bonds. The minimum atomic E-state index is -3.83. The second-order valence-corrected chi connectivity index (χ2v) is 6.91. The van der Waals surface area contributed by atoms with Crippen LogP contribution in [0.2, 0.25) is 0 Å². The number of thiazole rings is 1. The van der Waals surface area contributed by atoms with E-state index >= 15 is 0 Å². The molecule has 10 heteroatoms. The van der Waals surface area contributed by atoms with Crippen LogP contribution in [-0.2, 0) is 10.0 Å². The van der Waals surface area contributed by atoms with Crippen molar-refractivity contribution in [3.05, 3.63) is 36.1 Å². The maximum absolute atomic E-state index is 12.8. The van der Waals surface area contributed by atoms with Crippen LogP contribution in [0.4, 0.5) is 11.5 Å². The highest BCUT2D eigenvalue weighted by atomic mass is 32.2. The van der Waals surface area contributed by atoms with E-state index in [1.165, 1.54) is 29.0 Å². The van der Waals surface area contributed by atoms with Crippen molar-refractivity contribution in [3.63, 3.8) is 0 Å². The molecular weight excluding hydrogens is 312 g/mol. The normalized spacial score (nSPS) is 11.7. The topological polar surface area (TPSA) is 106 Å². The SMILES string of the molecule is CN(c1cccnc1)S(=O)(=O)c1c(NN)nc2sccn12.